The van der Waals surface area contributed by atoms with Gasteiger partial charge in [-0.25, -0.2) is 0 Å². The normalized spacial score (nSPS) is 23.3. The molecule has 2 heteroatoms. The van der Waals surface area contributed by atoms with Crippen LogP contribution in [0.2, 0.25) is 0 Å². The van der Waals surface area contributed by atoms with Crippen LogP contribution in [0.5, 0.6) is 0 Å². The van der Waals surface area contributed by atoms with Crippen LogP contribution in [-0.2, 0) is 4.79 Å². The highest BCUT2D eigenvalue weighted by Gasteiger charge is 2.09. The highest BCUT2D eigenvalue weighted by Crippen LogP contribution is 2.05. The molecule has 66 valence electrons. The van der Waals surface area contributed by atoms with Gasteiger partial charge in [0.2, 0.25) is 0 Å². The van der Waals surface area contributed by atoms with Gasteiger partial charge in [-0.05, 0) is 19.4 Å². The van der Waals surface area contributed by atoms with Gasteiger partial charge in [0.05, 0.1) is 0 Å². The monoisotopic (exact) mass is 157 g/mol. The van der Waals surface area contributed by atoms with Gasteiger partial charge in [-0.3, -0.25) is 0 Å². The minimum atomic E-state index is 0.295. The number of aldehydes is 1. The highest BCUT2D eigenvalue weighted by molar-refractivity contribution is 5.53. The van der Waals surface area contributed by atoms with Crippen LogP contribution >= 0.6 is 0 Å². The lowest BCUT2D eigenvalue weighted by Crippen LogP contribution is -2.30. The van der Waals surface area contributed by atoms with Crippen LogP contribution in [0.3, 0.4) is 0 Å². The third-order valence-corrected chi connectivity index (χ3v) is 1.53. The van der Waals surface area contributed by atoms with Gasteiger partial charge >= 0.3 is 0 Å². The molecular weight excluding hydrogens is 138 g/mol. The van der Waals surface area contributed by atoms with Crippen LogP contribution in [0.15, 0.2) is 0 Å². The van der Waals surface area contributed by atoms with Gasteiger partial charge in [-0.2, -0.15) is 0 Å². The van der Waals surface area contributed by atoms with Gasteiger partial charge in [0, 0.05) is 12.5 Å². The van der Waals surface area contributed by atoms with E-state index in [4.69, 9.17) is 0 Å². The molecule has 0 bridgehead atoms. The van der Waals surface area contributed by atoms with Gasteiger partial charge in [-0.1, -0.05) is 20.3 Å². The molecular formula is C9H19NO. The summed E-state index contributed by atoms with van der Waals surface area (Å²) >= 11 is 0. The molecule has 0 aromatic heterocycles. The molecule has 11 heavy (non-hydrogen) atoms. The van der Waals surface area contributed by atoms with Gasteiger partial charge in [0.15, 0.2) is 0 Å². The summed E-state index contributed by atoms with van der Waals surface area (Å²) in [6, 6.07) is 0. The van der Waals surface area contributed by atoms with Crippen molar-refractivity contribution in [3.63, 3.8) is 0 Å². The van der Waals surface area contributed by atoms with E-state index in [0.29, 0.717) is 5.92 Å². The Hall–Kier alpha value is -0.370. The Labute approximate surface area is 69.4 Å². The predicted molar refractivity (Wildman–Crippen MR) is 47.6 cm³/mol. The Morgan fingerprint density at radius 3 is 2.45 bits per heavy atom. The first-order valence-electron chi connectivity index (χ1n) is 4.51. The third kappa shape index (κ3) is 6.05. The van der Waals surface area contributed by atoms with Crippen molar-refractivity contribution >= 4 is 6.29 Å². The maximum atomic E-state index is 10.1. The molecule has 0 aliphatic carbocycles. The second-order valence-corrected chi connectivity index (χ2v) is 2.95. The first-order chi connectivity index (χ1) is 5.35. The van der Waals surface area contributed by atoms with E-state index in [2.05, 4.69) is 19.2 Å². The van der Waals surface area contributed by atoms with Gasteiger partial charge in [0.25, 0.3) is 0 Å². The number of carbonyl (C=O) groups excluding carboxylic acids is 1. The van der Waals surface area contributed by atoms with Crippen LogP contribution in [0.25, 0.3) is 0 Å². The van der Waals surface area contributed by atoms with E-state index in [9.17, 15) is 4.79 Å². The van der Waals surface area contributed by atoms with Crippen LogP contribution in [0, 0.1) is 5.92 Å². The van der Waals surface area contributed by atoms with Crippen molar-refractivity contribution in [2.45, 2.75) is 33.1 Å². The molecule has 0 saturated carbocycles. The van der Waals surface area contributed by atoms with E-state index in [1.807, 2.05) is 0 Å². The average molecular weight is 157 g/mol. The number of nitrogens with one attached hydrogen (secondary N) is 1. The molecule has 1 saturated heterocycles. The molecule has 0 radical (unpaired) electrons. The van der Waals surface area contributed by atoms with Crippen molar-refractivity contribution in [1.82, 2.24) is 5.32 Å². The number of piperidine rings is 1. The molecule has 0 aromatic carbocycles. The van der Waals surface area contributed by atoms with Gasteiger partial charge < -0.3 is 10.1 Å². The van der Waals surface area contributed by atoms with E-state index < -0.39 is 0 Å². The molecule has 1 aliphatic heterocycles. The zero-order valence-electron chi connectivity index (χ0n) is 7.60. The Balaban J connectivity index is 0.000000292. The van der Waals surface area contributed by atoms with Crippen molar-refractivity contribution < 1.29 is 4.79 Å². The minimum Gasteiger partial charge on any atom is -0.316 e. The number of hydrogen-bond acceptors (Lipinski definition) is 2. The van der Waals surface area contributed by atoms with Crippen LogP contribution in [-0.4, -0.2) is 19.4 Å². The lowest BCUT2D eigenvalue weighted by Gasteiger charge is -2.16. The smallest absolute Gasteiger partial charge is 0.124 e. The molecule has 1 heterocycles. The number of carbonyl (C=O) groups is 1. The molecule has 0 aromatic rings. The van der Waals surface area contributed by atoms with E-state index in [0.717, 1.165) is 32.2 Å². The zero-order valence-corrected chi connectivity index (χ0v) is 7.60. The van der Waals surface area contributed by atoms with Crippen molar-refractivity contribution in [3.05, 3.63) is 0 Å². The van der Waals surface area contributed by atoms with Gasteiger partial charge in [0.1, 0.15) is 6.29 Å². The summed E-state index contributed by atoms with van der Waals surface area (Å²) in [7, 11) is 0. The largest absolute Gasteiger partial charge is 0.316 e. The quantitative estimate of drug-likeness (QED) is 0.586. The second-order valence-electron chi connectivity index (χ2n) is 2.95. The summed E-state index contributed by atoms with van der Waals surface area (Å²) in [4.78, 5) is 10.1. The Kier molecular flexibility index (Phi) is 7.47. The molecule has 1 unspecified atom stereocenters. The fraction of sp³-hybridized carbons (Fsp3) is 0.889. The van der Waals surface area contributed by atoms with E-state index in [1.165, 1.54) is 6.42 Å². The second kappa shape index (κ2) is 7.73. The van der Waals surface area contributed by atoms with Crippen LogP contribution in [0.1, 0.15) is 33.1 Å². The average Bonchev–Trinajstić information content (AvgIpc) is 2.08. The lowest BCUT2D eigenvalue weighted by molar-refractivity contribution is -0.111. The molecule has 2 nitrogen and oxygen atoms in total. The minimum absolute atomic E-state index is 0.295. The lowest BCUT2D eigenvalue weighted by atomic mass is 10.0. The van der Waals surface area contributed by atoms with Crippen molar-refractivity contribution in [1.29, 1.82) is 0 Å². The Morgan fingerprint density at radius 1 is 1.55 bits per heavy atom. The van der Waals surface area contributed by atoms with Crippen LogP contribution < -0.4 is 5.32 Å². The summed E-state index contributed by atoms with van der Waals surface area (Å²) in [5, 5.41) is 3.15. The molecule has 1 atom stereocenters. The Morgan fingerprint density at radius 2 is 2.18 bits per heavy atom. The summed E-state index contributed by atoms with van der Waals surface area (Å²) < 4.78 is 0. The fourth-order valence-corrected chi connectivity index (χ4v) is 0.995. The summed E-state index contributed by atoms with van der Waals surface area (Å²) in [6.07, 6.45) is 4.53. The van der Waals surface area contributed by atoms with Crippen molar-refractivity contribution in [3.8, 4) is 0 Å². The Bertz CT molecular complexity index is 87.6. The molecule has 0 amide bonds. The molecule has 1 aliphatic rings. The SMILES string of the molecule is CCC.O=CC1CCCNC1. The number of hydrogen-bond donors (Lipinski definition) is 1. The predicted octanol–water partition coefficient (Wildman–Crippen LogP) is 1.60. The highest BCUT2D eigenvalue weighted by atomic mass is 16.1. The van der Waals surface area contributed by atoms with E-state index >= 15 is 0 Å². The first-order valence-corrected chi connectivity index (χ1v) is 4.51. The van der Waals surface area contributed by atoms with Gasteiger partial charge in [-0.15, -0.1) is 0 Å². The number of rotatable bonds is 1. The maximum absolute atomic E-state index is 10.1. The zero-order chi connectivity index (χ0) is 8.53. The molecule has 1 rings (SSSR count). The summed E-state index contributed by atoms with van der Waals surface area (Å²) in [6.45, 7) is 6.23. The fourth-order valence-electron chi connectivity index (χ4n) is 0.995. The first kappa shape index (κ1) is 10.6. The van der Waals surface area contributed by atoms with E-state index in [-0.39, 0.29) is 0 Å². The van der Waals surface area contributed by atoms with E-state index in [1.54, 1.807) is 0 Å². The maximum Gasteiger partial charge on any atom is 0.124 e. The van der Waals surface area contributed by atoms with Crippen LogP contribution in [0.4, 0.5) is 0 Å². The van der Waals surface area contributed by atoms with Crippen molar-refractivity contribution in [2.75, 3.05) is 13.1 Å². The topological polar surface area (TPSA) is 29.1 Å². The standard InChI is InChI=1S/C6H11NO.C3H8/c8-5-6-2-1-3-7-4-6;1-3-2/h5-7H,1-4H2;3H2,1-2H3. The molecule has 0 spiro atoms. The summed E-state index contributed by atoms with van der Waals surface area (Å²) in [5.74, 6) is 0.295. The van der Waals surface area contributed by atoms with Crippen molar-refractivity contribution in [2.24, 2.45) is 5.92 Å². The third-order valence-electron chi connectivity index (χ3n) is 1.53. The summed E-state index contributed by atoms with van der Waals surface area (Å²) in [5.41, 5.74) is 0. The molecule has 1 fully saturated rings. The molecule has 1 N–H and O–H groups in total.